The zero-order valence-corrected chi connectivity index (χ0v) is 12.0. The van der Waals surface area contributed by atoms with Gasteiger partial charge in [-0.15, -0.1) is 0 Å². The maximum absolute atomic E-state index is 13.3. The van der Waals surface area contributed by atoms with Gasteiger partial charge in [-0.3, -0.25) is 4.99 Å². The summed E-state index contributed by atoms with van der Waals surface area (Å²) in [5.41, 5.74) is 7.94. The first-order valence-corrected chi connectivity index (χ1v) is 6.96. The highest BCUT2D eigenvalue weighted by Gasteiger charge is 2.05. The fourth-order valence-electron chi connectivity index (χ4n) is 2.30. The number of nitrogens with two attached hydrogens (primary N) is 1. The quantitative estimate of drug-likeness (QED) is 0.651. The largest absolute Gasteiger partial charge is 0.370 e. The van der Waals surface area contributed by atoms with Crippen molar-refractivity contribution in [3.8, 4) is 0 Å². The standard InChI is InChI=1S/C15H21FN4/c1-3-20(4-2)15(17)18-8-7-11-10-19-14-6-5-12(16)9-13(11)14/h5-6,9-10,19H,3-4,7-8H2,1-2H3,(H2,17,18). The van der Waals surface area contributed by atoms with Gasteiger partial charge in [0.15, 0.2) is 5.96 Å². The highest BCUT2D eigenvalue weighted by molar-refractivity contribution is 5.83. The van der Waals surface area contributed by atoms with Gasteiger partial charge in [0, 0.05) is 36.7 Å². The van der Waals surface area contributed by atoms with E-state index in [4.69, 9.17) is 5.73 Å². The molecule has 1 aromatic carbocycles. The van der Waals surface area contributed by atoms with Gasteiger partial charge in [0.1, 0.15) is 5.82 Å². The van der Waals surface area contributed by atoms with Crippen LogP contribution in [0, 0.1) is 5.82 Å². The molecule has 20 heavy (non-hydrogen) atoms. The van der Waals surface area contributed by atoms with Crippen LogP contribution in [0.4, 0.5) is 4.39 Å². The van der Waals surface area contributed by atoms with E-state index in [1.54, 1.807) is 12.1 Å². The molecule has 1 aromatic heterocycles. The lowest BCUT2D eigenvalue weighted by Gasteiger charge is -2.19. The lowest BCUT2D eigenvalue weighted by molar-refractivity contribution is 0.458. The number of hydrogen-bond acceptors (Lipinski definition) is 1. The smallest absolute Gasteiger partial charge is 0.191 e. The van der Waals surface area contributed by atoms with Crippen LogP contribution < -0.4 is 5.73 Å². The summed E-state index contributed by atoms with van der Waals surface area (Å²) in [5, 5.41) is 0.918. The van der Waals surface area contributed by atoms with Crippen molar-refractivity contribution in [1.29, 1.82) is 0 Å². The monoisotopic (exact) mass is 276 g/mol. The predicted molar refractivity (Wildman–Crippen MR) is 81.4 cm³/mol. The van der Waals surface area contributed by atoms with Crippen molar-refractivity contribution in [2.24, 2.45) is 10.7 Å². The van der Waals surface area contributed by atoms with E-state index in [9.17, 15) is 4.39 Å². The Morgan fingerprint density at radius 1 is 1.35 bits per heavy atom. The van der Waals surface area contributed by atoms with Crippen LogP contribution in [0.1, 0.15) is 19.4 Å². The molecule has 0 saturated heterocycles. The summed E-state index contributed by atoms with van der Waals surface area (Å²) in [4.78, 5) is 9.53. The van der Waals surface area contributed by atoms with E-state index in [1.807, 2.05) is 24.9 Å². The Kier molecular flexibility index (Phi) is 4.61. The number of hydrogen-bond donors (Lipinski definition) is 2. The third-order valence-corrected chi connectivity index (χ3v) is 3.47. The molecule has 0 fully saturated rings. The topological polar surface area (TPSA) is 57.4 Å². The Morgan fingerprint density at radius 2 is 2.10 bits per heavy atom. The van der Waals surface area contributed by atoms with Crippen LogP contribution in [0.15, 0.2) is 29.4 Å². The van der Waals surface area contributed by atoms with Gasteiger partial charge in [-0.05, 0) is 44.0 Å². The molecule has 0 amide bonds. The second kappa shape index (κ2) is 6.41. The fraction of sp³-hybridized carbons (Fsp3) is 0.400. The van der Waals surface area contributed by atoms with E-state index in [1.165, 1.54) is 6.07 Å². The Bertz CT molecular complexity index is 599. The third kappa shape index (κ3) is 3.10. The minimum absolute atomic E-state index is 0.218. The van der Waals surface area contributed by atoms with Crippen molar-refractivity contribution in [2.75, 3.05) is 19.6 Å². The summed E-state index contributed by atoms with van der Waals surface area (Å²) in [6.07, 6.45) is 2.65. The Hall–Kier alpha value is -2.04. The molecule has 0 unspecified atom stereocenters. The second-order valence-electron chi connectivity index (χ2n) is 4.67. The summed E-state index contributed by atoms with van der Waals surface area (Å²) in [5.74, 6) is 0.352. The number of guanidine groups is 1. The average Bonchev–Trinajstić information content (AvgIpc) is 2.83. The number of nitrogens with one attached hydrogen (secondary N) is 1. The minimum Gasteiger partial charge on any atom is -0.370 e. The molecule has 0 radical (unpaired) electrons. The van der Waals surface area contributed by atoms with Gasteiger partial charge < -0.3 is 15.6 Å². The molecule has 0 spiro atoms. The Morgan fingerprint density at radius 3 is 2.80 bits per heavy atom. The highest BCUT2D eigenvalue weighted by atomic mass is 19.1. The van der Waals surface area contributed by atoms with Crippen molar-refractivity contribution >= 4 is 16.9 Å². The summed E-state index contributed by atoms with van der Waals surface area (Å²) in [6, 6.07) is 4.76. The number of halogens is 1. The third-order valence-electron chi connectivity index (χ3n) is 3.47. The van der Waals surface area contributed by atoms with Gasteiger partial charge in [-0.25, -0.2) is 4.39 Å². The number of aliphatic imine (C=N–C) groups is 1. The number of aromatic nitrogens is 1. The number of H-pyrrole nitrogens is 1. The van der Waals surface area contributed by atoms with Gasteiger partial charge in [0.05, 0.1) is 0 Å². The zero-order chi connectivity index (χ0) is 14.5. The SMILES string of the molecule is CCN(CC)C(N)=NCCc1c[nH]c2ccc(F)cc12. The van der Waals surface area contributed by atoms with Crippen LogP contribution in [0.5, 0.6) is 0 Å². The molecule has 0 aliphatic carbocycles. The Balaban J connectivity index is 2.06. The van der Waals surface area contributed by atoms with Gasteiger partial charge in [-0.2, -0.15) is 0 Å². The fourth-order valence-corrected chi connectivity index (χ4v) is 2.30. The van der Waals surface area contributed by atoms with Crippen LogP contribution in [-0.2, 0) is 6.42 Å². The van der Waals surface area contributed by atoms with Crippen molar-refractivity contribution in [1.82, 2.24) is 9.88 Å². The summed E-state index contributed by atoms with van der Waals surface area (Å²) in [7, 11) is 0. The molecular weight excluding hydrogens is 255 g/mol. The average molecular weight is 276 g/mol. The number of benzene rings is 1. The first-order chi connectivity index (χ1) is 9.65. The first kappa shape index (κ1) is 14.4. The number of aromatic amines is 1. The molecule has 108 valence electrons. The summed E-state index contributed by atoms with van der Waals surface area (Å²) in [6.45, 7) is 6.41. The van der Waals surface area contributed by atoms with E-state index in [0.717, 1.165) is 36.0 Å². The molecule has 0 atom stereocenters. The van der Waals surface area contributed by atoms with Crippen molar-refractivity contribution in [2.45, 2.75) is 20.3 Å². The molecule has 2 aromatic rings. The van der Waals surface area contributed by atoms with Crippen molar-refractivity contribution in [3.63, 3.8) is 0 Å². The Labute approximate surface area is 118 Å². The molecule has 4 nitrogen and oxygen atoms in total. The summed E-state index contributed by atoms with van der Waals surface area (Å²) >= 11 is 0. The molecular formula is C15H21FN4. The maximum atomic E-state index is 13.3. The van der Waals surface area contributed by atoms with E-state index in [2.05, 4.69) is 9.98 Å². The van der Waals surface area contributed by atoms with Gasteiger partial charge in [0.2, 0.25) is 0 Å². The molecule has 0 bridgehead atoms. The number of rotatable bonds is 5. The van der Waals surface area contributed by atoms with Crippen LogP contribution in [-0.4, -0.2) is 35.5 Å². The molecule has 2 rings (SSSR count). The van der Waals surface area contributed by atoms with Crippen LogP contribution >= 0.6 is 0 Å². The van der Waals surface area contributed by atoms with Crippen molar-refractivity contribution in [3.05, 3.63) is 35.8 Å². The molecule has 0 aliphatic rings. The van der Waals surface area contributed by atoms with E-state index >= 15 is 0 Å². The van der Waals surface area contributed by atoms with E-state index in [-0.39, 0.29) is 5.82 Å². The first-order valence-electron chi connectivity index (χ1n) is 6.96. The number of fused-ring (bicyclic) bond motifs is 1. The van der Waals surface area contributed by atoms with Crippen LogP contribution in [0.25, 0.3) is 10.9 Å². The van der Waals surface area contributed by atoms with Gasteiger partial charge in [-0.1, -0.05) is 0 Å². The summed E-state index contributed by atoms with van der Waals surface area (Å²) < 4.78 is 13.3. The van der Waals surface area contributed by atoms with Gasteiger partial charge >= 0.3 is 0 Å². The van der Waals surface area contributed by atoms with Crippen molar-refractivity contribution < 1.29 is 4.39 Å². The van der Waals surface area contributed by atoms with E-state index < -0.39 is 0 Å². The molecule has 0 saturated carbocycles. The molecule has 5 heteroatoms. The number of nitrogens with zero attached hydrogens (tertiary/aromatic N) is 2. The molecule has 3 N–H and O–H groups in total. The maximum Gasteiger partial charge on any atom is 0.191 e. The zero-order valence-electron chi connectivity index (χ0n) is 12.0. The van der Waals surface area contributed by atoms with Gasteiger partial charge in [0.25, 0.3) is 0 Å². The highest BCUT2D eigenvalue weighted by Crippen LogP contribution is 2.19. The normalized spacial score (nSPS) is 12.1. The second-order valence-corrected chi connectivity index (χ2v) is 4.67. The molecule has 1 heterocycles. The lowest BCUT2D eigenvalue weighted by atomic mass is 10.1. The minimum atomic E-state index is -0.218. The predicted octanol–water partition coefficient (Wildman–Crippen LogP) is 2.51. The molecule has 0 aliphatic heterocycles. The van der Waals surface area contributed by atoms with E-state index in [0.29, 0.717) is 12.5 Å². The van der Waals surface area contributed by atoms with Crippen LogP contribution in [0.2, 0.25) is 0 Å². The van der Waals surface area contributed by atoms with Crippen LogP contribution in [0.3, 0.4) is 0 Å². The lowest BCUT2D eigenvalue weighted by Crippen LogP contribution is -2.37.